The molecule has 3 aromatic heterocycles. The number of hydrogen-bond acceptors (Lipinski definition) is 8. The number of halogens is 1. The number of nitrogens with zero attached hydrogens (tertiary/aromatic N) is 5. The number of benzene rings is 2. The van der Waals surface area contributed by atoms with Crippen molar-refractivity contribution in [2.24, 2.45) is 0 Å². The second kappa shape index (κ2) is 12.1. The smallest absolute Gasteiger partial charge is 0.223 e. The summed E-state index contributed by atoms with van der Waals surface area (Å²) in [5.41, 5.74) is 2.97. The molecule has 1 saturated heterocycles. The largest absolute Gasteiger partial charge is 0.507 e. The Balaban J connectivity index is 0.00000168. The maximum absolute atomic E-state index is 10.5. The fourth-order valence-corrected chi connectivity index (χ4v) is 6.29. The van der Waals surface area contributed by atoms with E-state index in [4.69, 9.17) is 21.6 Å². The van der Waals surface area contributed by atoms with E-state index >= 15 is 0 Å². The van der Waals surface area contributed by atoms with Gasteiger partial charge in [0, 0.05) is 52.4 Å². The standard InChI is InChI=1S/C26H23ClN6OS2.2H2O/c27-17-7-9-19(10-8-17)36-32-13-3-4-18(16-32)29-25-28-12-11-21(30-25)24-23(20-5-1-2-6-22(20)34)31-26-33(24)14-15-35-26;;/h1-2,5-12,14-15,18,34H,3-4,13,16H2,(H,28,29,30);2*1H2/t18-;;/m1../s1. The molecule has 2 aromatic carbocycles. The van der Waals surface area contributed by atoms with Crippen molar-refractivity contribution < 1.29 is 16.1 Å². The molecule has 5 aromatic rings. The Hall–Kier alpha value is -3.19. The van der Waals surface area contributed by atoms with Crippen LogP contribution in [0.4, 0.5) is 5.95 Å². The van der Waals surface area contributed by atoms with Crippen molar-refractivity contribution in [1.29, 1.82) is 0 Å². The van der Waals surface area contributed by atoms with Gasteiger partial charge >= 0.3 is 0 Å². The van der Waals surface area contributed by atoms with Gasteiger partial charge in [-0.3, -0.25) is 4.40 Å². The number of aromatic hydroxyl groups is 1. The van der Waals surface area contributed by atoms with Crippen molar-refractivity contribution >= 4 is 45.8 Å². The minimum atomic E-state index is 0. The lowest BCUT2D eigenvalue weighted by Gasteiger charge is -2.32. The molecule has 198 valence electrons. The number of piperidine rings is 1. The van der Waals surface area contributed by atoms with Gasteiger partial charge in [-0.05, 0) is 67.3 Å². The molecule has 9 nitrogen and oxygen atoms in total. The van der Waals surface area contributed by atoms with Crippen molar-refractivity contribution in [2.45, 2.75) is 23.8 Å². The van der Waals surface area contributed by atoms with Crippen molar-refractivity contribution in [3.63, 3.8) is 0 Å². The minimum absolute atomic E-state index is 0. The minimum Gasteiger partial charge on any atom is -0.507 e. The van der Waals surface area contributed by atoms with Crippen molar-refractivity contribution in [3.05, 3.63) is 77.4 Å². The number of imidazole rings is 1. The Kier molecular flexibility index (Phi) is 8.87. The van der Waals surface area contributed by atoms with Gasteiger partial charge in [0.15, 0.2) is 4.96 Å². The van der Waals surface area contributed by atoms with Gasteiger partial charge in [0.25, 0.3) is 0 Å². The van der Waals surface area contributed by atoms with Gasteiger partial charge in [0.1, 0.15) is 17.1 Å². The number of para-hydroxylation sites is 1. The molecule has 0 saturated carbocycles. The fraction of sp³-hybridized carbons (Fsp3) is 0.192. The first-order valence-electron chi connectivity index (χ1n) is 11.7. The highest BCUT2D eigenvalue weighted by atomic mass is 35.5. The number of hydrogen-bond donors (Lipinski definition) is 2. The maximum Gasteiger partial charge on any atom is 0.223 e. The van der Waals surface area contributed by atoms with Gasteiger partial charge in [-0.2, -0.15) is 0 Å². The summed E-state index contributed by atoms with van der Waals surface area (Å²) in [6, 6.07) is 17.3. The van der Waals surface area contributed by atoms with Gasteiger partial charge < -0.3 is 21.4 Å². The summed E-state index contributed by atoms with van der Waals surface area (Å²) < 4.78 is 4.39. The summed E-state index contributed by atoms with van der Waals surface area (Å²) >= 11 is 9.33. The van der Waals surface area contributed by atoms with Crippen molar-refractivity contribution in [1.82, 2.24) is 23.7 Å². The zero-order chi connectivity index (χ0) is 24.5. The molecule has 1 aliphatic rings. The lowest BCUT2D eigenvalue weighted by molar-refractivity contribution is 0.355. The van der Waals surface area contributed by atoms with Crippen molar-refractivity contribution in [2.75, 3.05) is 18.4 Å². The Bertz CT molecular complexity index is 1510. The number of fused-ring (bicyclic) bond motifs is 1. The predicted octanol–water partition coefficient (Wildman–Crippen LogP) is 4.81. The summed E-state index contributed by atoms with van der Waals surface area (Å²) in [5, 5.41) is 16.8. The van der Waals surface area contributed by atoms with Crippen LogP contribution in [0.15, 0.2) is 77.3 Å². The molecule has 0 unspecified atom stereocenters. The van der Waals surface area contributed by atoms with Gasteiger partial charge in [0.05, 0.1) is 5.69 Å². The summed E-state index contributed by atoms with van der Waals surface area (Å²) in [6.45, 7) is 1.91. The van der Waals surface area contributed by atoms with E-state index in [-0.39, 0.29) is 22.7 Å². The van der Waals surface area contributed by atoms with E-state index in [0.29, 0.717) is 17.2 Å². The summed E-state index contributed by atoms with van der Waals surface area (Å²) in [6.07, 6.45) is 5.89. The van der Waals surface area contributed by atoms with Crippen LogP contribution < -0.4 is 5.32 Å². The van der Waals surface area contributed by atoms with E-state index in [1.165, 1.54) is 4.90 Å². The number of rotatable bonds is 6. The molecule has 1 atom stereocenters. The van der Waals surface area contributed by atoms with Crippen LogP contribution in [0.3, 0.4) is 0 Å². The molecule has 6 N–H and O–H groups in total. The Morgan fingerprint density at radius 2 is 1.87 bits per heavy atom. The molecule has 4 heterocycles. The van der Waals surface area contributed by atoms with E-state index in [9.17, 15) is 5.11 Å². The Morgan fingerprint density at radius 1 is 1.05 bits per heavy atom. The average Bonchev–Trinajstić information content (AvgIpc) is 3.48. The van der Waals surface area contributed by atoms with Crippen LogP contribution in [-0.2, 0) is 0 Å². The molecule has 0 spiro atoms. The van der Waals surface area contributed by atoms with Gasteiger partial charge in [-0.1, -0.05) is 23.7 Å². The monoisotopic (exact) mass is 570 g/mol. The number of nitrogens with one attached hydrogen (secondary N) is 1. The number of phenolic OH excluding ortho intramolecular Hbond substituents is 1. The third-order valence-electron chi connectivity index (χ3n) is 6.08. The number of thiazole rings is 1. The first-order chi connectivity index (χ1) is 17.6. The zero-order valence-corrected chi connectivity index (χ0v) is 22.6. The SMILES string of the molecule is O.O.Oc1ccccc1-c1nc2sccn2c1-c1ccnc(N[C@@H]2CCCN(Sc3ccc(Cl)cc3)C2)n1. The number of phenols is 1. The molecule has 0 bridgehead atoms. The summed E-state index contributed by atoms with van der Waals surface area (Å²) in [7, 11) is 0. The van der Waals surface area contributed by atoms with Gasteiger partial charge in [-0.15, -0.1) is 11.3 Å². The molecule has 0 amide bonds. The van der Waals surface area contributed by atoms with Crippen LogP contribution in [0.1, 0.15) is 12.8 Å². The molecular weight excluding hydrogens is 544 g/mol. The Morgan fingerprint density at radius 3 is 2.68 bits per heavy atom. The topological polar surface area (TPSA) is 142 Å². The fourth-order valence-electron chi connectivity index (χ4n) is 4.42. The van der Waals surface area contributed by atoms with Crippen LogP contribution in [0.2, 0.25) is 5.02 Å². The van der Waals surface area contributed by atoms with E-state index < -0.39 is 0 Å². The Labute approximate surface area is 232 Å². The van der Waals surface area contributed by atoms with Crippen LogP contribution >= 0.6 is 34.9 Å². The first-order valence-corrected chi connectivity index (χ1v) is 13.7. The van der Waals surface area contributed by atoms with E-state index in [2.05, 4.69) is 26.7 Å². The third-order valence-corrected chi connectivity index (χ3v) is 8.17. The van der Waals surface area contributed by atoms with E-state index in [0.717, 1.165) is 47.3 Å². The molecule has 1 fully saturated rings. The molecule has 0 aliphatic carbocycles. The molecule has 38 heavy (non-hydrogen) atoms. The molecule has 12 heteroatoms. The molecular formula is C26H27ClN6O3S2. The summed E-state index contributed by atoms with van der Waals surface area (Å²) in [4.78, 5) is 16.2. The highest BCUT2D eigenvalue weighted by molar-refractivity contribution is 7.97. The van der Waals surface area contributed by atoms with E-state index in [1.54, 1.807) is 35.5 Å². The maximum atomic E-state index is 10.5. The quantitative estimate of drug-likeness (QED) is 0.279. The van der Waals surface area contributed by atoms with Crippen LogP contribution in [0.5, 0.6) is 5.75 Å². The second-order valence-corrected chi connectivity index (χ2v) is 11.0. The zero-order valence-electron chi connectivity index (χ0n) is 20.2. The number of anilines is 1. The van der Waals surface area contributed by atoms with Crippen LogP contribution in [0.25, 0.3) is 27.6 Å². The molecule has 6 rings (SSSR count). The average molecular weight is 571 g/mol. The highest BCUT2D eigenvalue weighted by Gasteiger charge is 2.23. The lowest BCUT2D eigenvalue weighted by Crippen LogP contribution is -2.38. The lowest BCUT2D eigenvalue weighted by atomic mass is 10.1. The third kappa shape index (κ3) is 5.78. The van der Waals surface area contributed by atoms with Gasteiger partial charge in [-0.25, -0.2) is 19.3 Å². The normalized spacial score (nSPS) is 15.6. The summed E-state index contributed by atoms with van der Waals surface area (Å²) in [5.74, 6) is 0.779. The van der Waals surface area contributed by atoms with Crippen LogP contribution in [-0.4, -0.2) is 58.8 Å². The first kappa shape index (κ1) is 27.8. The molecule has 1 aliphatic heterocycles. The second-order valence-electron chi connectivity index (χ2n) is 8.56. The molecule has 0 radical (unpaired) electrons. The predicted molar refractivity (Wildman–Crippen MR) is 154 cm³/mol. The van der Waals surface area contributed by atoms with E-state index in [1.807, 2.05) is 52.4 Å². The van der Waals surface area contributed by atoms with Crippen molar-refractivity contribution in [3.8, 4) is 28.4 Å². The van der Waals surface area contributed by atoms with Gasteiger partial charge in [0.2, 0.25) is 5.95 Å². The highest BCUT2D eigenvalue weighted by Crippen LogP contribution is 2.37. The van der Waals surface area contributed by atoms with Crippen LogP contribution in [0, 0.1) is 0 Å². The number of aromatic nitrogens is 4.